The fourth-order valence-corrected chi connectivity index (χ4v) is 3.87. The van der Waals surface area contributed by atoms with E-state index in [4.69, 9.17) is 16.1 Å². The molecule has 0 unspecified atom stereocenters. The molecule has 2 heterocycles. The second-order valence-electron chi connectivity index (χ2n) is 8.68. The minimum Gasteiger partial charge on any atom is -0.339 e. The number of hydrogen-bond acceptors (Lipinski definition) is 5. The minimum atomic E-state index is -0.241. The number of rotatable bonds is 6. The smallest absolute Gasteiger partial charge is 0.321 e. The van der Waals surface area contributed by atoms with Crippen molar-refractivity contribution < 1.29 is 14.1 Å². The number of carbonyl (C=O) groups excluding carboxylic acids is 2. The van der Waals surface area contributed by atoms with Gasteiger partial charge in [0.05, 0.1) is 0 Å². The van der Waals surface area contributed by atoms with Gasteiger partial charge in [-0.15, -0.1) is 0 Å². The summed E-state index contributed by atoms with van der Waals surface area (Å²) in [6, 6.07) is 13.9. The van der Waals surface area contributed by atoms with Crippen LogP contribution in [0.2, 0.25) is 5.02 Å². The predicted molar refractivity (Wildman–Crippen MR) is 131 cm³/mol. The molecule has 34 heavy (non-hydrogen) atoms. The van der Waals surface area contributed by atoms with Crippen LogP contribution < -0.4 is 5.32 Å². The molecule has 8 nitrogen and oxygen atoms in total. The molecule has 0 spiro atoms. The quantitative estimate of drug-likeness (QED) is 0.536. The Morgan fingerprint density at radius 2 is 1.79 bits per heavy atom. The number of carbonyl (C=O) groups is 2. The summed E-state index contributed by atoms with van der Waals surface area (Å²) in [5, 5.41) is 7.44. The Morgan fingerprint density at radius 1 is 1.12 bits per heavy atom. The summed E-state index contributed by atoms with van der Waals surface area (Å²) in [6.45, 7) is 4.26. The summed E-state index contributed by atoms with van der Waals surface area (Å²) in [5.41, 5.74) is 2.07. The maximum atomic E-state index is 12.7. The van der Waals surface area contributed by atoms with Gasteiger partial charge in [0.2, 0.25) is 0 Å². The van der Waals surface area contributed by atoms with E-state index in [1.54, 1.807) is 48.3 Å². The average molecular weight is 482 g/mol. The van der Waals surface area contributed by atoms with E-state index in [1.807, 2.05) is 17.0 Å². The molecule has 3 aromatic rings. The lowest BCUT2D eigenvalue weighted by molar-refractivity contribution is 0.0697. The highest BCUT2D eigenvalue weighted by molar-refractivity contribution is 6.30. The van der Waals surface area contributed by atoms with Crippen LogP contribution in [-0.2, 0) is 6.42 Å². The maximum absolute atomic E-state index is 12.7. The van der Waals surface area contributed by atoms with Crippen LogP contribution in [0.3, 0.4) is 0 Å². The van der Waals surface area contributed by atoms with Crippen LogP contribution >= 0.6 is 11.6 Å². The fourth-order valence-electron chi connectivity index (χ4n) is 3.74. The second-order valence-corrected chi connectivity index (χ2v) is 9.11. The third kappa shape index (κ3) is 5.94. The molecule has 0 saturated carbocycles. The summed E-state index contributed by atoms with van der Waals surface area (Å²) in [4.78, 5) is 33.0. The van der Waals surface area contributed by atoms with E-state index in [1.165, 1.54) is 0 Å². The Balaban J connectivity index is 1.30. The van der Waals surface area contributed by atoms with Crippen LogP contribution in [0.25, 0.3) is 11.5 Å². The average Bonchev–Trinajstić information content (AvgIpc) is 3.33. The van der Waals surface area contributed by atoms with Crippen LogP contribution in [-0.4, -0.2) is 58.6 Å². The number of benzene rings is 2. The molecule has 0 atom stereocenters. The zero-order chi connectivity index (χ0) is 24.1. The molecule has 1 fully saturated rings. The summed E-state index contributed by atoms with van der Waals surface area (Å²) in [5.74, 6) is 1.62. The highest BCUT2D eigenvalue weighted by Crippen LogP contribution is 2.21. The molecule has 4 rings (SSSR count). The molecule has 178 valence electrons. The first-order chi connectivity index (χ1) is 16.4. The number of halogens is 1. The third-order valence-corrected chi connectivity index (χ3v) is 6.28. The first-order valence-electron chi connectivity index (χ1n) is 11.4. The molecule has 1 aliphatic heterocycles. The number of piperidine rings is 1. The van der Waals surface area contributed by atoms with Gasteiger partial charge in [-0.05, 0) is 67.3 Å². The van der Waals surface area contributed by atoms with Crippen molar-refractivity contribution in [2.45, 2.75) is 26.2 Å². The molecule has 1 aromatic heterocycles. The van der Waals surface area contributed by atoms with Crippen molar-refractivity contribution in [3.8, 4) is 11.5 Å². The number of nitrogens with one attached hydrogen (secondary N) is 1. The van der Waals surface area contributed by atoms with Crippen molar-refractivity contribution in [1.82, 2.24) is 19.9 Å². The first-order valence-corrected chi connectivity index (χ1v) is 11.8. The van der Waals surface area contributed by atoms with E-state index in [2.05, 4.69) is 22.4 Å². The molecule has 2 aromatic carbocycles. The van der Waals surface area contributed by atoms with E-state index >= 15 is 0 Å². The van der Waals surface area contributed by atoms with E-state index < -0.39 is 0 Å². The van der Waals surface area contributed by atoms with Gasteiger partial charge < -0.3 is 19.6 Å². The molecular formula is C25H28ClN5O3. The number of likely N-dealkylation sites (tertiary alicyclic amines) is 1. The topological polar surface area (TPSA) is 91.6 Å². The second kappa shape index (κ2) is 10.7. The van der Waals surface area contributed by atoms with E-state index in [-0.39, 0.29) is 11.9 Å². The Kier molecular flexibility index (Phi) is 7.47. The van der Waals surface area contributed by atoms with Gasteiger partial charge in [0.25, 0.3) is 11.8 Å². The van der Waals surface area contributed by atoms with Gasteiger partial charge in [0.15, 0.2) is 5.82 Å². The lowest BCUT2D eigenvalue weighted by atomic mass is 9.98. The Bertz CT molecular complexity index is 1120. The highest BCUT2D eigenvalue weighted by Gasteiger charge is 2.21. The largest absolute Gasteiger partial charge is 0.339 e. The third-order valence-electron chi connectivity index (χ3n) is 6.03. The summed E-state index contributed by atoms with van der Waals surface area (Å²) >= 11 is 5.87. The Labute approximate surface area is 203 Å². The van der Waals surface area contributed by atoms with Gasteiger partial charge in [-0.1, -0.05) is 23.7 Å². The van der Waals surface area contributed by atoms with Crippen LogP contribution in [0.4, 0.5) is 10.5 Å². The van der Waals surface area contributed by atoms with E-state index in [0.717, 1.165) is 31.5 Å². The maximum Gasteiger partial charge on any atom is 0.321 e. The van der Waals surface area contributed by atoms with Crippen molar-refractivity contribution in [1.29, 1.82) is 0 Å². The van der Waals surface area contributed by atoms with Gasteiger partial charge in [-0.3, -0.25) is 4.79 Å². The van der Waals surface area contributed by atoms with Crippen molar-refractivity contribution in [2.75, 3.05) is 32.0 Å². The van der Waals surface area contributed by atoms with Gasteiger partial charge in [-0.2, -0.15) is 4.98 Å². The zero-order valence-electron chi connectivity index (χ0n) is 19.3. The van der Waals surface area contributed by atoms with Gasteiger partial charge in [0, 0.05) is 54.9 Å². The van der Waals surface area contributed by atoms with Crippen molar-refractivity contribution in [3.05, 3.63) is 64.9 Å². The van der Waals surface area contributed by atoms with Crippen LogP contribution in [0.5, 0.6) is 0 Å². The Morgan fingerprint density at radius 3 is 2.47 bits per heavy atom. The molecule has 0 radical (unpaired) electrons. The number of nitrogens with zero attached hydrogens (tertiary/aromatic N) is 4. The first kappa shape index (κ1) is 23.8. The molecule has 0 bridgehead atoms. The predicted octanol–water partition coefficient (Wildman–Crippen LogP) is 4.97. The molecule has 1 aliphatic rings. The van der Waals surface area contributed by atoms with Crippen molar-refractivity contribution in [3.63, 3.8) is 0 Å². The van der Waals surface area contributed by atoms with Crippen molar-refractivity contribution >= 4 is 29.2 Å². The molecular weight excluding hydrogens is 454 g/mol. The molecule has 3 amide bonds. The zero-order valence-corrected chi connectivity index (χ0v) is 20.1. The van der Waals surface area contributed by atoms with E-state index in [0.29, 0.717) is 46.9 Å². The molecule has 0 aliphatic carbocycles. The minimum absolute atomic E-state index is 0.0598. The monoisotopic (exact) mass is 481 g/mol. The normalized spacial score (nSPS) is 14.1. The van der Waals surface area contributed by atoms with Gasteiger partial charge in [0.1, 0.15) is 0 Å². The number of hydrogen-bond donors (Lipinski definition) is 1. The lowest BCUT2D eigenvalue weighted by Gasteiger charge is -2.30. The van der Waals surface area contributed by atoms with Crippen LogP contribution in [0.1, 0.15) is 35.9 Å². The summed E-state index contributed by atoms with van der Waals surface area (Å²) in [7, 11) is 1.70. The number of aromatic nitrogens is 2. The number of amides is 3. The van der Waals surface area contributed by atoms with E-state index in [9.17, 15) is 9.59 Å². The van der Waals surface area contributed by atoms with Gasteiger partial charge in [-0.25, -0.2) is 4.79 Å². The lowest BCUT2D eigenvalue weighted by Crippen LogP contribution is -2.37. The number of likely N-dealkylation sites (N-methyl/N-ethyl adjacent to an activating group) is 1. The van der Waals surface area contributed by atoms with Crippen LogP contribution in [0.15, 0.2) is 53.1 Å². The fraction of sp³-hybridized carbons (Fsp3) is 0.360. The van der Waals surface area contributed by atoms with Gasteiger partial charge >= 0.3 is 6.03 Å². The highest BCUT2D eigenvalue weighted by atomic mass is 35.5. The molecule has 1 saturated heterocycles. The standard InChI is InChI=1S/C25H28ClN5O3/c1-17-11-15-31(16-12-17)24(32)19-5-3-18(4-6-19)23-28-22(29-34-23)13-14-30(2)25(33)27-21-9-7-20(26)8-10-21/h3-10,17H,11-16H2,1-2H3,(H,27,33). The SMILES string of the molecule is CC1CCN(C(=O)c2ccc(-c3nc(CCN(C)C(=O)Nc4ccc(Cl)cc4)no3)cc2)CC1. The molecule has 9 heteroatoms. The van der Waals surface area contributed by atoms with Crippen molar-refractivity contribution in [2.24, 2.45) is 5.92 Å². The summed E-state index contributed by atoms with van der Waals surface area (Å²) < 4.78 is 5.39. The number of urea groups is 1. The number of anilines is 1. The summed E-state index contributed by atoms with van der Waals surface area (Å²) in [6.07, 6.45) is 2.54. The van der Waals surface area contributed by atoms with Crippen LogP contribution in [0, 0.1) is 5.92 Å². The Hall–Kier alpha value is -3.39. The molecule has 1 N–H and O–H groups in total.